The lowest BCUT2D eigenvalue weighted by Crippen LogP contribution is -2.16. The van der Waals surface area contributed by atoms with E-state index in [1.807, 2.05) is 46.9 Å². The first-order valence-corrected chi connectivity index (χ1v) is 12.8. The Morgan fingerprint density at radius 3 is 2.71 bits per heavy atom. The number of thiophene rings is 1. The molecule has 3 aromatic rings. The lowest BCUT2D eigenvalue weighted by Gasteiger charge is -2.15. The van der Waals surface area contributed by atoms with Gasteiger partial charge in [-0.2, -0.15) is 0 Å². The maximum atomic E-state index is 12.6. The van der Waals surface area contributed by atoms with Crippen LogP contribution >= 0.6 is 34.7 Å². The number of benzene rings is 1. The Bertz CT molecular complexity index is 1210. The van der Waals surface area contributed by atoms with E-state index in [0.717, 1.165) is 16.0 Å². The first-order valence-electron chi connectivity index (χ1n) is 10.6. The van der Waals surface area contributed by atoms with Gasteiger partial charge in [0.1, 0.15) is 10.8 Å². The van der Waals surface area contributed by atoms with E-state index in [-0.39, 0.29) is 11.7 Å². The fourth-order valence-electron chi connectivity index (χ4n) is 3.45. The molecule has 0 fully saturated rings. The number of anilines is 1. The molecule has 0 aliphatic rings. The molecule has 11 heteroatoms. The summed E-state index contributed by atoms with van der Waals surface area (Å²) in [6.45, 7) is 7.72. The Kier molecular flexibility index (Phi) is 8.62. The second-order valence-electron chi connectivity index (χ2n) is 7.62. The molecule has 2 aromatic heterocycles. The molecule has 182 valence electrons. The fourth-order valence-corrected chi connectivity index (χ4v) is 5.48. The summed E-state index contributed by atoms with van der Waals surface area (Å²) in [4.78, 5) is 25.9. The summed E-state index contributed by atoms with van der Waals surface area (Å²) >= 11 is 8.86. The number of rotatable bonds is 9. The van der Waals surface area contributed by atoms with Crippen molar-refractivity contribution in [1.82, 2.24) is 14.8 Å². The van der Waals surface area contributed by atoms with Crippen molar-refractivity contribution < 1.29 is 19.1 Å². The van der Waals surface area contributed by atoms with E-state index in [4.69, 9.17) is 21.1 Å². The van der Waals surface area contributed by atoms with Gasteiger partial charge in [0.25, 0.3) is 0 Å². The molecule has 1 aromatic carbocycles. The molecule has 0 aliphatic heterocycles. The lowest BCUT2D eigenvalue weighted by atomic mass is 10.1. The smallest absolute Gasteiger partial charge is 0.341 e. The van der Waals surface area contributed by atoms with Crippen LogP contribution in [-0.2, 0) is 23.0 Å². The summed E-state index contributed by atoms with van der Waals surface area (Å²) in [6, 6.07) is 5.57. The van der Waals surface area contributed by atoms with E-state index in [1.165, 1.54) is 30.2 Å². The molecule has 1 unspecified atom stereocenters. The summed E-state index contributed by atoms with van der Waals surface area (Å²) in [7, 11) is 3.15. The van der Waals surface area contributed by atoms with Crippen molar-refractivity contribution in [3.05, 3.63) is 50.6 Å². The molecule has 3 rings (SSSR count). The molecule has 8 nitrogen and oxygen atoms in total. The van der Waals surface area contributed by atoms with Crippen LogP contribution in [0.2, 0.25) is 5.02 Å². The second-order valence-corrected chi connectivity index (χ2v) is 10.2. The lowest BCUT2D eigenvalue weighted by molar-refractivity contribution is -0.113. The monoisotopic (exact) mass is 522 g/mol. The first-order chi connectivity index (χ1) is 16.2. The van der Waals surface area contributed by atoms with Gasteiger partial charge in [-0.05, 0) is 50.5 Å². The normalized spacial score (nSPS) is 11.9. The van der Waals surface area contributed by atoms with E-state index in [1.54, 1.807) is 10.6 Å². The Morgan fingerprint density at radius 1 is 1.29 bits per heavy atom. The fraction of sp³-hybridized carbons (Fsp3) is 0.391. The van der Waals surface area contributed by atoms with Gasteiger partial charge in [-0.1, -0.05) is 36.4 Å². The van der Waals surface area contributed by atoms with E-state index in [9.17, 15) is 9.59 Å². The van der Waals surface area contributed by atoms with Crippen LogP contribution in [0.15, 0.2) is 23.4 Å². The van der Waals surface area contributed by atoms with Gasteiger partial charge in [0.05, 0.1) is 23.4 Å². The van der Waals surface area contributed by atoms with Gasteiger partial charge in [0.15, 0.2) is 17.1 Å². The molecule has 0 radical (unpaired) electrons. The Morgan fingerprint density at radius 2 is 2.03 bits per heavy atom. The quantitative estimate of drug-likeness (QED) is 0.298. The summed E-state index contributed by atoms with van der Waals surface area (Å²) in [6.07, 6.45) is 0.275. The number of aryl methyl sites for hydroxylation is 2. The van der Waals surface area contributed by atoms with Crippen LogP contribution in [0.1, 0.15) is 52.1 Å². The molecule has 0 saturated carbocycles. The molecule has 0 bridgehead atoms. The van der Waals surface area contributed by atoms with Gasteiger partial charge in [0, 0.05) is 11.9 Å². The number of nitrogens with one attached hydrogen (secondary N) is 1. The number of esters is 1. The number of ether oxygens (including phenoxy) is 2. The summed E-state index contributed by atoms with van der Waals surface area (Å²) in [5.41, 5.74) is 2.35. The molecule has 2 heterocycles. The third-order valence-corrected chi connectivity index (χ3v) is 7.56. The maximum Gasteiger partial charge on any atom is 0.341 e. The van der Waals surface area contributed by atoms with Crippen LogP contribution < -0.4 is 10.1 Å². The van der Waals surface area contributed by atoms with Crippen LogP contribution in [-0.4, -0.2) is 39.5 Å². The largest absolute Gasteiger partial charge is 0.481 e. The number of thioether (sulfide) groups is 1. The maximum absolute atomic E-state index is 12.6. The highest BCUT2D eigenvalue weighted by molar-refractivity contribution is 7.99. The number of halogens is 1. The van der Waals surface area contributed by atoms with Gasteiger partial charge >= 0.3 is 5.97 Å². The molecular formula is C23H27ClN4O4S2. The van der Waals surface area contributed by atoms with Crippen LogP contribution in [0.3, 0.4) is 0 Å². The van der Waals surface area contributed by atoms with Crippen molar-refractivity contribution in [2.45, 2.75) is 45.4 Å². The molecule has 0 aliphatic carbocycles. The highest BCUT2D eigenvalue weighted by atomic mass is 35.5. The number of methoxy groups -OCH3 is 1. The molecule has 0 spiro atoms. The van der Waals surface area contributed by atoms with Crippen LogP contribution in [0.5, 0.6) is 5.75 Å². The van der Waals surface area contributed by atoms with Gasteiger partial charge in [0.2, 0.25) is 5.91 Å². The third-order valence-electron chi connectivity index (χ3n) is 5.16. The summed E-state index contributed by atoms with van der Waals surface area (Å²) in [5, 5.41) is 12.9. The minimum atomic E-state index is -0.454. The van der Waals surface area contributed by atoms with Crippen molar-refractivity contribution in [2.24, 2.45) is 7.05 Å². The highest BCUT2D eigenvalue weighted by Crippen LogP contribution is 2.34. The van der Waals surface area contributed by atoms with Crippen molar-refractivity contribution >= 4 is 51.6 Å². The minimum Gasteiger partial charge on any atom is -0.481 e. The Hall–Kier alpha value is -2.56. The number of nitrogens with zero attached hydrogens (tertiary/aromatic N) is 3. The van der Waals surface area contributed by atoms with E-state index in [0.29, 0.717) is 38.7 Å². The number of carbonyl (C=O) groups is 2. The van der Waals surface area contributed by atoms with Gasteiger partial charge in [-0.3, -0.25) is 4.79 Å². The topological polar surface area (TPSA) is 95.3 Å². The number of hydrogen-bond acceptors (Lipinski definition) is 8. The number of amides is 1. The molecular weight excluding hydrogens is 496 g/mol. The van der Waals surface area contributed by atoms with Crippen molar-refractivity contribution in [1.29, 1.82) is 0 Å². The Labute approximate surface area is 212 Å². The minimum absolute atomic E-state index is 0.101. The number of aromatic nitrogens is 3. The Balaban J connectivity index is 1.66. The number of carbonyl (C=O) groups excluding carboxylic acids is 2. The molecule has 0 saturated heterocycles. The SMILES string of the molecule is CCc1c(C)sc(NC(=O)CSc2nnc(C(C)Oc3cc(C)ccc3Cl)n2C)c1C(=O)OC. The third kappa shape index (κ3) is 5.73. The second kappa shape index (κ2) is 11.2. The molecule has 1 atom stereocenters. The van der Waals surface area contributed by atoms with Crippen molar-refractivity contribution in [3.8, 4) is 5.75 Å². The molecule has 1 N–H and O–H groups in total. The van der Waals surface area contributed by atoms with Crippen LogP contribution in [0.4, 0.5) is 5.00 Å². The van der Waals surface area contributed by atoms with Crippen molar-refractivity contribution in [2.75, 3.05) is 18.2 Å². The molecule has 1 amide bonds. The summed E-state index contributed by atoms with van der Waals surface area (Å²) in [5.74, 6) is 0.577. The van der Waals surface area contributed by atoms with Crippen LogP contribution in [0, 0.1) is 13.8 Å². The van der Waals surface area contributed by atoms with E-state index >= 15 is 0 Å². The zero-order valence-corrected chi connectivity index (χ0v) is 22.3. The average Bonchev–Trinajstić information content (AvgIpc) is 3.32. The first kappa shape index (κ1) is 26.1. The summed E-state index contributed by atoms with van der Waals surface area (Å²) < 4.78 is 12.7. The predicted octanol–water partition coefficient (Wildman–Crippen LogP) is 5.37. The standard InChI is InChI=1S/C23H27ClN4O4S2/c1-7-15-14(4)34-21(19(15)22(30)31-6)25-18(29)11-33-23-27-26-20(28(23)5)13(3)32-17-10-12(2)8-9-16(17)24/h8-10,13H,7,11H2,1-6H3,(H,25,29). The van der Waals surface area contributed by atoms with Gasteiger partial charge < -0.3 is 19.4 Å². The van der Waals surface area contributed by atoms with Crippen LogP contribution in [0.25, 0.3) is 0 Å². The zero-order valence-electron chi connectivity index (χ0n) is 19.9. The average molecular weight is 523 g/mol. The highest BCUT2D eigenvalue weighted by Gasteiger charge is 2.24. The zero-order chi connectivity index (χ0) is 25.0. The molecule has 34 heavy (non-hydrogen) atoms. The van der Waals surface area contributed by atoms with Gasteiger partial charge in [-0.25, -0.2) is 4.79 Å². The van der Waals surface area contributed by atoms with E-state index in [2.05, 4.69) is 15.5 Å². The number of hydrogen-bond donors (Lipinski definition) is 1. The predicted molar refractivity (Wildman–Crippen MR) is 135 cm³/mol. The van der Waals surface area contributed by atoms with Gasteiger partial charge in [-0.15, -0.1) is 21.5 Å². The van der Waals surface area contributed by atoms with Crippen molar-refractivity contribution in [3.63, 3.8) is 0 Å². The van der Waals surface area contributed by atoms with E-state index < -0.39 is 12.1 Å².